The van der Waals surface area contributed by atoms with Crippen LogP contribution in [-0.4, -0.2) is 39.6 Å². The summed E-state index contributed by atoms with van der Waals surface area (Å²) in [6.07, 6.45) is 3.12. The number of rotatable bonds is 3. The molecule has 0 radical (unpaired) electrons. The van der Waals surface area contributed by atoms with E-state index in [1.807, 2.05) is 12.1 Å². The van der Waals surface area contributed by atoms with Crippen LogP contribution in [0.25, 0.3) is 0 Å². The average molecular weight is 354 g/mol. The van der Waals surface area contributed by atoms with E-state index in [1.165, 1.54) is 6.42 Å². The second-order valence-electron chi connectivity index (χ2n) is 7.64. The van der Waals surface area contributed by atoms with Gasteiger partial charge in [-0.2, -0.15) is 0 Å². The number of aromatic hydroxyl groups is 1. The quantitative estimate of drug-likeness (QED) is 0.885. The Morgan fingerprint density at radius 1 is 1.27 bits per heavy atom. The van der Waals surface area contributed by atoms with E-state index in [-0.39, 0.29) is 11.3 Å². The van der Waals surface area contributed by atoms with Gasteiger partial charge in [-0.1, -0.05) is 19.1 Å². The Bertz CT molecular complexity index is 831. The first-order valence-electron chi connectivity index (χ1n) is 9.46. The monoisotopic (exact) mass is 354 g/mol. The van der Waals surface area contributed by atoms with E-state index in [9.17, 15) is 9.90 Å². The van der Waals surface area contributed by atoms with Crippen molar-refractivity contribution >= 4 is 5.95 Å². The Labute approximate surface area is 153 Å². The van der Waals surface area contributed by atoms with Crippen LogP contribution in [0.2, 0.25) is 0 Å². The molecule has 0 amide bonds. The Hall–Kier alpha value is -2.34. The normalized spacial score (nSPS) is 20.8. The van der Waals surface area contributed by atoms with Crippen LogP contribution in [0.5, 0.6) is 5.75 Å². The minimum Gasteiger partial charge on any atom is -0.508 e. The van der Waals surface area contributed by atoms with Crippen molar-refractivity contribution in [2.45, 2.75) is 39.3 Å². The summed E-state index contributed by atoms with van der Waals surface area (Å²) in [4.78, 5) is 24.9. The third kappa shape index (κ3) is 3.60. The van der Waals surface area contributed by atoms with Crippen LogP contribution in [-0.2, 0) is 19.5 Å². The molecule has 0 aliphatic carbocycles. The molecule has 6 heteroatoms. The van der Waals surface area contributed by atoms with Crippen LogP contribution in [0.3, 0.4) is 0 Å². The molecule has 0 saturated carbocycles. The highest BCUT2D eigenvalue weighted by Gasteiger charge is 2.24. The van der Waals surface area contributed by atoms with Crippen LogP contribution in [0, 0.1) is 5.92 Å². The van der Waals surface area contributed by atoms with E-state index in [4.69, 9.17) is 4.98 Å². The second kappa shape index (κ2) is 7.11. The van der Waals surface area contributed by atoms with Gasteiger partial charge in [0, 0.05) is 38.3 Å². The second-order valence-corrected chi connectivity index (χ2v) is 7.64. The maximum absolute atomic E-state index is 12.5. The molecular formula is C20H26N4O2. The Balaban J connectivity index is 1.53. The number of aromatic nitrogens is 2. The molecule has 0 bridgehead atoms. The number of hydrogen-bond acceptors (Lipinski definition) is 5. The van der Waals surface area contributed by atoms with Crippen molar-refractivity contribution in [3.05, 3.63) is 51.4 Å². The van der Waals surface area contributed by atoms with Gasteiger partial charge in [0.2, 0.25) is 5.95 Å². The summed E-state index contributed by atoms with van der Waals surface area (Å²) in [6.45, 7) is 6.50. The molecule has 3 heterocycles. The maximum atomic E-state index is 12.5. The highest BCUT2D eigenvalue weighted by molar-refractivity contribution is 5.35. The van der Waals surface area contributed by atoms with Crippen molar-refractivity contribution in [3.63, 3.8) is 0 Å². The van der Waals surface area contributed by atoms with Crippen molar-refractivity contribution in [3.8, 4) is 5.75 Å². The molecule has 2 aliphatic rings. The molecule has 26 heavy (non-hydrogen) atoms. The first kappa shape index (κ1) is 17.1. The molecular weight excluding hydrogens is 328 g/mol. The third-order valence-electron chi connectivity index (χ3n) is 5.44. The summed E-state index contributed by atoms with van der Waals surface area (Å²) >= 11 is 0. The zero-order valence-corrected chi connectivity index (χ0v) is 15.2. The lowest BCUT2D eigenvalue weighted by atomic mass is 10.0. The van der Waals surface area contributed by atoms with E-state index in [2.05, 4.69) is 21.7 Å². The standard InChI is InChI=1S/C20H26N4O2/c1-14-3-2-9-24(11-14)20-21-18-13-23(10-8-17(18)19(26)22-20)12-15-4-6-16(25)7-5-15/h4-7,14,25H,2-3,8-13H2,1H3,(H,21,22,26)/t14-/m0/s1. The molecule has 1 fully saturated rings. The summed E-state index contributed by atoms with van der Waals surface area (Å²) in [5.74, 6) is 1.65. The fourth-order valence-electron chi connectivity index (χ4n) is 4.01. The fourth-order valence-corrected chi connectivity index (χ4v) is 4.01. The summed E-state index contributed by atoms with van der Waals surface area (Å²) in [5.41, 5.74) is 2.92. The van der Waals surface area contributed by atoms with E-state index in [1.54, 1.807) is 12.1 Å². The molecule has 0 unspecified atom stereocenters. The number of fused-ring (bicyclic) bond motifs is 1. The Morgan fingerprint density at radius 2 is 2.08 bits per heavy atom. The number of phenols is 1. The first-order chi connectivity index (χ1) is 12.6. The topological polar surface area (TPSA) is 72.5 Å². The molecule has 1 atom stereocenters. The van der Waals surface area contributed by atoms with Gasteiger partial charge in [0.15, 0.2) is 0 Å². The highest BCUT2D eigenvalue weighted by atomic mass is 16.3. The van der Waals surface area contributed by atoms with E-state index >= 15 is 0 Å². The number of piperidine rings is 1. The predicted molar refractivity (Wildman–Crippen MR) is 101 cm³/mol. The minimum atomic E-state index is 0.0208. The van der Waals surface area contributed by atoms with E-state index < -0.39 is 0 Å². The highest BCUT2D eigenvalue weighted by Crippen LogP contribution is 2.22. The predicted octanol–water partition coefficient (Wildman–Crippen LogP) is 2.27. The van der Waals surface area contributed by atoms with Crippen LogP contribution in [0.15, 0.2) is 29.1 Å². The largest absolute Gasteiger partial charge is 0.508 e. The van der Waals surface area contributed by atoms with E-state index in [0.29, 0.717) is 12.5 Å². The van der Waals surface area contributed by atoms with Gasteiger partial charge < -0.3 is 10.0 Å². The number of phenolic OH excluding ortho intramolecular Hbond substituents is 1. The summed E-state index contributed by atoms with van der Waals surface area (Å²) in [6, 6.07) is 7.31. The number of nitrogens with zero attached hydrogens (tertiary/aromatic N) is 3. The van der Waals surface area contributed by atoms with Gasteiger partial charge in [0.1, 0.15) is 5.75 Å². The van der Waals surface area contributed by atoms with Crippen LogP contribution in [0.1, 0.15) is 36.6 Å². The zero-order valence-electron chi connectivity index (χ0n) is 15.2. The van der Waals surface area contributed by atoms with Crippen molar-refractivity contribution in [2.24, 2.45) is 5.92 Å². The molecule has 2 aromatic rings. The molecule has 138 valence electrons. The van der Waals surface area contributed by atoms with Gasteiger partial charge in [-0.3, -0.25) is 14.7 Å². The maximum Gasteiger partial charge on any atom is 0.255 e. The molecule has 6 nitrogen and oxygen atoms in total. The van der Waals surface area contributed by atoms with Gasteiger partial charge in [0.25, 0.3) is 5.56 Å². The molecule has 1 aromatic heterocycles. The lowest BCUT2D eigenvalue weighted by molar-refractivity contribution is 0.240. The first-order valence-corrected chi connectivity index (χ1v) is 9.46. The molecule has 1 aromatic carbocycles. The smallest absolute Gasteiger partial charge is 0.255 e. The van der Waals surface area contributed by atoms with Crippen LogP contribution >= 0.6 is 0 Å². The SMILES string of the molecule is C[C@H]1CCCN(c2nc3c(c(=O)[nH]2)CCN(Cc2ccc(O)cc2)C3)C1. The summed E-state index contributed by atoms with van der Waals surface area (Å²) < 4.78 is 0. The van der Waals surface area contributed by atoms with Crippen molar-refractivity contribution in [2.75, 3.05) is 24.5 Å². The molecule has 4 rings (SSSR count). The minimum absolute atomic E-state index is 0.0208. The number of aromatic amines is 1. The Morgan fingerprint density at radius 3 is 2.85 bits per heavy atom. The fraction of sp³-hybridized carbons (Fsp3) is 0.500. The Kier molecular flexibility index (Phi) is 4.68. The third-order valence-corrected chi connectivity index (χ3v) is 5.44. The van der Waals surface area contributed by atoms with Gasteiger partial charge in [-0.05, 0) is 42.9 Å². The molecule has 0 spiro atoms. The lowest BCUT2D eigenvalue weighted by Gasteiger charge is -2.33. The number of nitrogens with one attached hydrogen (secondary N) is 1. The average Bonchev–Trinajstić information content (AvgIpc) is 2.63. The van der Waals surface area contributed by atoms with Crippen LogP contribution in [0.4, 0.5) is 5.95 Å². The number of H-pyrrole nitrogens is 1. The molecule has 1 saturated heterocycles. The van der Waals surface area contributed by atoms with Gasteiger partial charge >= 0.3 is 0 Å². The summed E-state index contributed by atoms with van der Waals surface area (Å²) in [7, 11) is 0. The van der Waals surface area contributed by atoms with E-state index in [0.717, 1.165) is 61.8 Å². The van der Waals surface area contributed by atoms with Gasteiger partial charge in [0.05, 0.1) is 5.69 Å². The van der Waals surface area contributed by atoms with Crippen molar-refractivity contribution < 1.29 is 5.11 Å². The number of benzene rings is 1. The lowest BCUT2D eigenvalue weighted by Crippen LogP contribution is -2.39. The molecule has 2 aliphatic heterocycles. The molecule has 2 N–H and O–H groups in total. The van der Waals surface area contributed by atoms with Crippen LogP contribution < -0.4 is 10.5 Å². The van der Waals surface area contributed by atoms with Gasteiger partial charge in [-0.25, -0.2) is 4.98 Å². The summed E-state index contributed by atoms with van der Waals surface area (Å²) in [5, 5.41) is 9.43. The zero-order chi connectivity index (χ0) is 18.1. The van der Waals surface area contributed by atoms with Crippen molar-refractivity contribution in [1.29, 1.82) is 0 Å². The number of anilines is 1. The number of hydrogen-bond donors (Lipinski definition) is 2. The van der Waals surface area contributed by atoms with Crippen molar-refractivity contribution in [1.82, 2.24) is 14.9 Å². The van der Waals surface area contributed by atoms with Gasteiger partial charge in [-0.15, -0.1) is 0 Å².